The zero-order valence-corrected chi connectivity index (χ0v) is 11.2. The van der Waals surface area contributed by atoms with Crippen LogP contribution in [0.4, 0.5) is 0 Å². The van der Waals surface area contributed by atoms with Crippen LogP contribution in [0.5, 0.6) is 0 Å². The summed E-state index contributed by atoms with van der Waals surface area (Å²) in [7, 11) is 0. The van der Waals surface area contributed by atoms with Crippen molar-refractivity contribution in [3.63, 3.8) is 0 Å². The molecule has 20 heavy (non-hydrogen) atoms. The van der Waals surface area contributed by atoms with Crippen LogP contribution in [0.2, 0.25) is 0 Å². The molecular weight excluding hydrogens is 256 g/mol. The van der Waals surface area contributed by atoms with Gasteiger partial charge in [-0.05, 0) is 24.1 Å². The molecular formula is C15H16N2O3. The van der Waals surface area contributed by atoms with Crippen molar-refractivity contribution in [2.75, 3.05) is 6.54 Å². The Morgan fingerprint density at radius 2 is 2.30 bits per heavy atom. The van der Waals surface area contributed by atoms with Crippen molar-refractivity contribution < 1.29 is 14.7 Å². The molecule has 1 saturated heterocycles. The summed E-state index contributed by atoms with van der Waals surface area (Å²) in [5.74, 6) is -1.85. The van der Waals surface area contributed by atoms with E-state index in [4.69, 9.17) is 5.26 Å². The predicted octanol–water partition coefficient (Wildman–Crippen LogP) is 1.94. The summed E-state index contributed by atoms with van der Waals surface area (Å²) in [5.41, 5.74) is 1.19. The zero-order chi connectivity index (χ0) is 14.7. The van der Waals surface area contributed by atoms with Gasteiger partial charge in [0.05, 0.1) is 23.6 Å². The third kappa shape index (κ3) is 2.50. The molecule has 0 aromatic heterocycles. The van der Waals surface area contributed by atoms with Gasteiger partial charge in [-0.15, -0.1) is 0 Å². The van der Waals surface area contributed by atoms with Crippen molar-refractivity contribution in [1.29, 1.82) is 5.26 Å². The number of hydrogen-bond acceptors (Lipinski definition) is 3. The molecule has 1 aromatic carbocycles. The number of rotatable bonds is 4. The molecule has 5 nitrogen and oxygen atoms in total. The minimum atomic E-state index is -0.968. The molecule has 0 radical (unpaired) electrons. The Bertz CT molecular complexity index is 577. The smallest absolute Gasteiger partial charge is 0.309 e. The fourth-order valence-corrected chi connectivity index (χ4v) is 2.72. The van der Waals surface area contributed by atoms with E-state index < -0.39 is 17.9 Å². The summed E-state index contributed by atoms with van der Waals surface area (Å²) in [6, 6.07) is 8.40. The van der Waals surface area contributed by atoms with E-state index in [0.717, 1.165) is 12.0 Å². The summed E-state index contributed by atoms with van der Waals surface area (Å²) < 4.78 is 0. The van der Waals surface area contributed by atoms with E-state index in [1.54, 1.807) is 29.2 Å². The minimum absolute atomic E-state index is 0.0246. The number of likely N-dealkylation sites (tertiary alicyclic amines) is 1. The van der Waals surface area contributed by atoms with Gasteiger partial charge in [-0.2, -0.15) is 5.26 Å². The second kappa shape index (κ2) is 5.74. The fourth-order valence-electron chi connectivity index (χ4n) is 2.72. The number of nitriles is 1. The maximum Gasteiger partial charge on any atom is 0.309 e. The second-order valence-corrected chi connectivity index (χ2v) is 4.92. The molecule has 104 valence electrons. The van der Waals surface area contributed by atoms with Crippen LogP contribution < -0.4 is 0 Å². The Labute approximate surface area is 117 Å². The first-order chi connectivity index (χ1) is 9.58. The van der Waals surface area contributed by atoms with Gasteiger partial charge >= 0.3 is 5.97 Å². The Hall–Kier alpha value is -2.35. The SMILES string of the molecule is CCCN1C(=O)CC(C(=O)O)C1c1cccc(C#N)c1. The fraction of sp³-hybridized carbons (Fsp3) is 0.400. The van der Waals surface area contributed by atoms with Crippen molar-refractivity contribution in [2.45, 2.75) is 25.8 Å². The molecule has 2 rings (SSSR count). The predicted molar refractivity (Wildman–Crippen MR) is 71.6 cm³/mol. The first-order valence-electron chi connectivity index (χ1n) is 6.60. The Kier molecular flexibility index (Phi) is 4.04. The van der Waals surface area contributed by atoms with Gasteiger partial charge < -0.3 is 10.0 Å². The highest BCUT2D eigenvalue weighted by Gasteiger charge is 2.44. The van der Waals surface area contributed by atoms with Crippen LogP contribution in [0, 0.1) is 17.2 Å². The Balaban J connectivity index is 2.43. The molecule has 1 N–H and O–H groups in total. The quantitative estimate of drug-likeness (QED) is 0.908. The molecule has 0 saturated carbocycles. The highest BCUT2D eigenvalue weighted by atomic mass is 16.4. The maximum atomic E-state index is 12.0. The van der Waals surface area contributed by atoms with Crippen LogP contribution >= 0.6 is 0 Å². The van der Waals surface area contributed by atoms with Gasteiger partial charge in [0.2, 0.25) is 5.91 Å². The number of benzene rings is 1. The van der Waals surface area contributed by atoms with Crippen LogP contribution in [0.15, 0.2) is 24.3 Å². The molecule has 2 atom stereocenters. The molecule has 1 aromatic rings. The third-order valence-electron chi connectivity index (χ3n) is 3.57. The van der Waals surface area contributed by atoms with Gasteiger partial charge in [0.15, 0.2) is 0 Å². The highest BCUT2D eigenvalue weighted by Crippen LogP contribution is 2.38. The van der Waals surface area contributed by atoms with E-state index in [0.29, 0.717) is 12.1 Å². The van der Waals surface area contributed by atoms with Gasteiger partial charge in [-0.25, -0.2) is 0 Å². The minimum Gasteiger partial charge on any atom is -0.481 e. The molecule has 0 aliphatic carbocycles. The van der Waals surface area contributed by atoms with E-state index in [9.17, 15) is 14.7 Å². The van der Waals surface area contributed by atoms with Crippen LogP contribution in [-0.2, 0) is 9.59 Å². The first kappa shape index (κ1) is 14.1. The van der Waals surface area contributed by atoms with Gasteiger partial charge in [-0.1, -0.05) is 19.1 Å². The largest absolute Gasteiger partial charge is 0.481 e. The van der Waals surface area contributed by atoms with Crippen molar-refractivity contribution in [3.05, 3.63) is 35.4 Å². The number of carboxylic acid groups (broad SMARTS) is 1. The van der Waals surface area contributed by atoms with Crippen LogP contribution in [0.3, 0.4) is 0 Å². The molecule has 1 aliphatic rings. The molecule has 2 unspecified atom stereocenters. The summed E-state index contributed by atoms with van der Waals surface area (Å²) in [4.78, 5) is 25.0. The third-order valence-corrected chi connectivity index (χ3v) is 3.57. The molecule has 0 bridgehead atoms. The lowest BCUT2D eigenvalue weighted by Gasteiger charge is -2.27. The van der Waals surface area contributed by atoms with E-state index in [-0.39, 0.29) is 12.3 Å². The Morgan fingerprint density at radius 3 is 2.90 bits per heavy atom. The van der Waals surface area contributed by atoms with Crippen molar-refractivity contribution in [1.82, 2.24) is 4.90 Å². The lowest BCUT2D eigenvalue weighted by Crippen LogP contribution is -2.31. The lowest BCUT2D eigenvalue weighted by atomic mass is 9.93. The van der Waals surface area contributed by atoms with Crippen molar-refractivity contribution in [2.24, 2.45) is 5.92 Å². The molecule has 1 aliphatic heterocycles. The molecule has 1 heterocycles. The van der Waals surface area contributed by atoms with E-state index >= 15 is 0 Å². The summed E-state index contributed by atoms with van der Waals surface area (Å²) in [5, 5.41) is 18.3. The number of amides is 1. The van der Waals surface area contributed by atoms with E-state index in [1.165, 1.54) is 0 Å². The second-order valence-electron chi connectivity index (χ2n) is 4.92. The molecule has 1 amide bonds. The average molecular weight is 272 g/mol. The molecule has 1 fully saturated rings. The summed E-state index contributed by atoms with van der Waals surface area (Å²) >= 11 is 0. The number of hydrogen-bond donors (Lipinski definition) is 1. The van der Waals surface area contributed by atoms with Gasteiger partial charge in [0.25, 0.3) is 0 Å². The van der Waals surface area contributed by atoms with Crippen LogP contribution in [0.25, 0.3) is 0 Å². The monoisotopic (exact) mass is 272 g/mol. The van der Waals surface area contributed by atoms with Crippen LogP contribution in [-0.4, -0.2) is 28.4 Å². The molecule has 5 heteroatoms. The normalized spacial score (nSPS) is 21.8. The first-order valence-corrected chi connectivity index (χ1v) is 6.60. The molecule has 0 spiro atoms. The number of carboxylic acids is 1. The lowest BCUT2D eigenvalue weighted by molar-refractivity contribution is -0.142. The van der Waals surface area contributed by atoms with Crippen molar-refractivity contribution in [3.8, 4) is 6.07 Å². The Morgan fingerprint density at radius 1 is 1.55 bits per heavy atom. The van der Waals surface area contributed by atoms with Gasteiger partial charge in [0, 0.05) is 13.0 Å². The van der Waals surface area contributed by atoms with E-state index in [2.05, 4.69) is 0 Å². The number of nitrogens with zero attached hydrogens (tertiary/aromatic N) is 2. The maximum absolute atomic E-state index is 12.0. The van der Waals surface area contributed by atoms with Gasteiger partial charge in [0.1, 0.15) is 0 Å². The number of aliphatic carboxylic acids is 1. The topological polar surface area (TPSA) is 81.4 Å². The standard InChI is InChI=1S/C15H16N2O3/c1-2-6-17-13(18)8-12(15(19)20)14(17)11-5-3-4-10(7-11)9-16/h3-5,7,12,14H,2,6,8H2,1H3,(H,19,20). The summed E-state index contributed by atoms with van der Waals surface area (Å²) in [6.45, 7) is 2.48. The van der Waals surface area contributed by atoms with Gasteiger partial charge in [-0.3, -0.25) is 9.59 Å². The number of carbonyl (C=O) groups excluding carboxylic acids is 1. The average Bonchev–Trinajstić information content (AvgIpc) is 2.77. The van der Waals surface area contributed by atoms with E-state index in [1.807, 2.05) is 13.0 Å². The zero-order valence-electron chi connectivity index (χ0n) is 11.2. The van der Waals surface area contributed by atoms with Crippen molar-refractivity contribution >= 4 is 11.9 Å². The van der Waals surface area contributed by atoms with Crippen LogP contribution in [0.1, 0.15) is 36.9 Å². The number of carbonyl (C=O) groups is 2. The summed E-state index contributed by atoms with van der Waals surface area (Å²) in [6.07, 6.45) is 0.795. The highest BCUT2D eigenvalue weighted by molar-refractivity contribution is 5.87.